The maximum absolute atomic E-state index is 10.4. The van der Waals surface area contributed by atoms with E-state index >= 15 is 0 Å². The highest BCUT2D eigenvalue weighted by molar-refractivity contribution is 7.09. The van der Waals surface area contributed by atoms with E-state index in [9.17, 15) is 4.79 Å². The first kappa shape index (κ1) is 8.93. The van der Waals surface area contributed by atoms with E-state index in [4.69, 9.17) is 5.11 Å². The maximum Gasteiger partial charge on any atom is 0.331 e. The Morgan fingerprint density at radius 2 is 2.42 bits per heavy atom. The number of aryl methyl sites for hydroxylation is 1. The van der Waals surface area contributed by atoms with Crippen molar-refractivity contribution in [3.63, 3.8) is 0 Å². The Morgan fingerprint density at radius 3 is 2.83 bits per heavy atom. The van der Waals surface area contributed by atoms with Crippen molar-refractivity contribution in [3.05, 3.63) is 21.7 Å². The fourth-order valence-electron chi connectivity index (χ4n) is 0.730. The molecule has 1 rings (SSSR count). The summed E-state index contributed by atoms with van der Waals surface area (Å²) in [6.07, 6.45) is 1.56. The first-order valence-corrected chi connectivity index (χ1v) is 4.31. The van der Waals surface area contributed by atoms with Gasteiger partial charge in [-0.25, -0.2) is 9.78 Å². The second-order valence-electron chi connectivity index (χ2n) is 2.42. The van der Waals surface area contributed by atoms with Crippen LogP contribution >= 0.6 is 11.3 Å². The van der Waals surface area contributed by atoms with Crippen LogP contribution in [0.3, 0.4) is 0 Å². The lowest BCUT2D eigenvalue weighted by molar-refractivity contribution is -0.132. The molecule has 0 bridgehead atoms. The van der Waals surface area contributed by atoms with Crippen molar-refractivity contribution >= 4 is 23.4 Å². The van der Waals surface area contributed by atoms with Crippen LogP contribution in [0.15, 0.2) is 11.0 Å². The van der Waals surface area contributed by atoms with Crippen LogP contribution in [-0.4, -0.2) is 16.1 Å². The number of hydrogen-bond acceptors (Lipinski definition) is 3. The predicted molar refractivity (Wildman–Crippen MR) is 48.1 cm³/mol. The zero-order chi connectivity index (χ0) is 9.14. The monoisotopic (exact) mass is 183 g/mol. The molecule has 1 heterocycles. The summed E-state index contributed by atoms with van der Waals surface area (Å²) in [7, 11) is 0. The molecule has 0 saturated carbocycles. The lowest BCUT2D eigenvalue weighted by atomic mass is 10.2. The Bertz CT molecular complexity index is 328. The summed E-state index contributed by atoms with van der Waals surface area (Å²) in [5.41, 5.74) is 1.03. The van der Waals surface area contributed by atoms with E-state index in [0.717, 1.165) is 10.7 Å². The lowest BCUT2D eigenvalue weighted by Crippen LogP contribution is -1.95. The Kier molecular flexibility index (Phi) is 2.60. The molecule has 0 radical (unpaired) electrons. The van der Waals surface area contributed by atoms with Gasteiger partial charge in [-0.05, 0) is 19.9 Å². The van der Waals surface area contributed by atoms with Gasteiger partial charge in [-0.1, -0.05) is 0 Å². The normalized spacial score (nSPS) is 11.7. The van der Waals surface area contributed by atoms with Crippen molar-refractivity contribution in [1.29, 1.82) is 0 Å². The van der Waals surface area contributed by atoms with E-state index in [2.05, 4.69) is 4.98 Å². The molecule has 1 N–H and O–H groups in total. The summed E-state index contributed by atoms with van der Waals surface area (Å²) < 4.78 is 0. The van der Waals surface area contributed by atoms with E-state index in [1.807, 2.05) is 12.3 Å². The first-order valence-electron chi connectivity index (χ1n) is 3.43. The zero-order valence-corrected chi connectivity index (χ0v) is 7.68. The molecule has 0 saturated heterocycles. The summed E-state index contributed by atoms with van der Waals surface area (Å²) in [5.74, 6) is -0.902. The third-order valence-electron chi connectivity index (χ3n) is 1.34. The molecule has 0 unspecified atom stereocenters. The first-order chi connectivity index (χ1) is 5.59. The highest BCUT2D eigenvalue weighted by atomic mass is 32.1. The molecule has 64 valence electrons. The van der Waals surface area contributed by atoms with Gasteiger partial charge in [-0.2, -0.15) is 0 Å². The number of carboxylic acids is 1. The van der Waals surface area contributed by atoms with E-state index in [1.165, 1.54) is 11.3 Å². The van der Waals surface area contributed by atoms with Crippen LogP contribution < -0.4 is 0 Å². The Balaban J connectivity index is 2.87. The molecule has 0 atom stereocenters. The highest BCUT2D eigenvalue weighted by Crippen LogP contribution is 2.11. The molecule has 3 nitrogen and oxygen atoms in total. The smallest absolute Gasteiger partial charge is 0.331 e. The molecule has 0 aromatic carbocycles. The molecular formula is C8H9NO2S. The van der Waals surface area contributed by atoms with E-state index in [1.54, 1.807) is 13.0 Å². The number of nitrogens with zero attached hydrogens (tertiary/aromatic N) is 1. The van der Waals surface area contributed by atoms with Crippen LogP contribution in [0, 0.1) is 6.92 Å². The number of hydrogen-bond donors (Lipinski definition) is 1. The third kappa shape index (κ3) is 2.17. The number of rotatable bonds is 2. The second kappa shape index (κ2) is 3.49. The molecule has 0 spiro atoms. The summed E-state index contributed by atoms with van der Waals surface area (Å²) in [4.78, 5) is 14.5. The molecule has 4 heteroatoms. The van der Waals surface area contributed by atoms with Crippen LogP contribution in [0.5, 0.6) is 0 Å². The third-order valence-corrected chi connectivity index (χ3v) is 2.13. The maximum atomic E-state index is 10.4. The highest BCUT2D eigenvalue weighted by Gasteiger charge is 2.01. The summed E-state index contributed by atoms with van der Waals surface area (Å²) >= 11 is 1.51. The van der Waals surface area contributed by atoms with Crippen LogP contribution in [0.25, 0.3) is 6.08 Å². The number of carboxylic acid groups (broad SMARTS) is 1. The van der Waals surface area contributed by atoms with E-state index in [0.29, 0.717) is 5.57 Å². The molecule has 0 amide bonds. The minimum Gasteiger partial charge on any atom is -0.478 e. The molecule has 1 aromatic heterocycles. The van der Waals surface area contributed by atoms with Crippen LogP contribution in [0.4, 0.5) is 0 Å². The Hall–Kier alpha value is -1.16. The molecule has 0 fully saturated rings. The predicted octanol–water partition coefficient (Wildman–Crippen LogP) is 1.94. The largest absolute Gasteiger partial charge is 0.478 e. The van der Waals surface area contributed by atoms with Crippen molar-refractivity contribution in [2.45, 2.75) is 13.8 Å². The van der Waals surface area contributed by atoms with Gasteiger partial charge in [0.25, 0.3) is 0 Å². The van der Waals surface area contributed by atoms with Crippen molar-refractivity contribution in [2.75, 3.05) is 0 Å². The number of carbonyl (C=O) groups is 1. The topological polar surface area (TPSA) is 50.2 Å². The van der Waals surface area contributed by atoms with Crippen molar-refractivity contribution in [1.82, 2.24) is 4.98 Å². The molecule has 12 heavy (non-hydrogen) atoms. The lowest BCUT2D eigenvalue weighted by Gasteiger charge is -1.89. The fraction of sp³-hybridized carbons (Fsp3) is 0.250. The average molecular weight is 183 g/mol. The van der Waals surface area contributed by atoms with Crippen LogP contribution in [0.1, 0.15) is 17.6 Å². The minimum absolute atomic E-state index is 0.306. The van der Waals surface area contributed by atoms with Crippen LogP contribution in [-0.2, 0) is 4.79 Å². The Morgan fingerprint density at radius 1 is 1.75 bits per heavy atom. The van der Waals surface area contributed by atoms with Gasteiger partial charge in [0, 0.05) is 11.0 Å². The average Bonchev–Trinajstić information content (AvgIpc) is 2.35. The summed E-state index contributed by atoms with van der Waals surface area (Å²) in [5, 5.41) is 11.3. The molecule has 0 aliphatic rings. The van der Waals surface area contributed by atoms with Gasteiger partial charge >= 0.3 is 5.97 Å². The quantitative estimate of drug-likeness (QED) is 0.713. The van der Waals surface area contributed by atoms with Crippen molar-refractivity contribution in [2.24, 2.45) is 0 Å². The minimum atomic E-state index is -0.902. The van der Waals surface area contributed by atoms with Gasteiger partial charge < -0.3 is 5.11 Å². The molecule has 0 aliphatic heterocycles. The number of thiazole rings is 1. The second-order valence-corrected chi connectivity index (χ2v) is 3.49. The van der Waals surface area contributed by atoms with Gasteiger partial charge in [0.2, 0.25) is 0 Å². The summed E-state index contributed by atoms with van der Waals surface area (Å²) in [6.45, 7) is 3.44. The molecule has 0 aliphatic carbocycles. The van der Waals surface area contributed by atoms with Gasteiger partial charge in [0.1, 0.15) is 0 Å². The van der Waals surface area contributed by atoms with Crippen LogP contribution in [0.2, 0.25) is 0 Å². The SMILES string of the molecule is CC(=Cc1csc(C)n1)C(=O)O. The van der Waals surface area contributed by atoms with Crippen molar-refractivity contribution in [3.8, 4) is 0 Å². The number of aliphatic carboxylic acids is 1. The van der Waals surface area contributed by atoms with Gasteiger partial charge in [-0.15, -0.1) is 11.3 Å². The van der Waals surface area contributed by atoms with Gasteiger partial charge in [0.05, 0.1) is 10.7 Å². The summed E-state index contributed by atoms with van der Waals surface area (Å²) in [6, 6.07) is 0. The van der Waals surface area contributed by atoms with Gasteiger partial charge in [-0.3, -0.25) is 0 Å². The van der Waals surface area contributed by atoms with Crippen molar-refractivity contribution < 1.29 is 9.90 Å². The van der Waals surface area contributed by atoms with Gasteiger partial charge in [0.15, 0.2) is 0 Å². The van der Waals surface area contributed by atoms with E-state index < -0.39 is 5.97 Å². The number of aromatic nitrogens is 1. The standard InChI is InChI=1S/C8H9NO2S/c1-5(8(10)11)3-7-4-12-6(2)9-7/h3-4H,1-2H3,(H,10,11). The van der Waals surface area contributed by atoms with E-state index in [-0.39, 0.29) is 0 Å². The molecular weight excluding hydrogens is 174 g/mol. The zero-order valence-electron chi connectivity index (χ0n) is 6.87. The Labute approximate surface area is 74.4 Å². The molecule has 1 aromatic rings. The fourth-order valence-corrected chi connectivity index (χ4v) is 1.30.